The first-order valence-corrected chi connectivity index (χ1v) is 10.2. The van der Waals surface area contributed by atoms with Gasteiger partial charge in [0, 0.05) is 0 Å². The van der Waals surface area contributed by atoms with E-state index in [1.54, 1.807) is 6.07 Å². The fraction of sp³-hybridized carbons (Fsp3) is 0.438. The summed E-state index contributed by atoms with van der Waals surface area (Å²) in [6, 6.07) is 5.54. The van der Waals surface area contributed by atoms with Gasteiger partial charge in [-0.2, -0.15) is 0 Å². The van der Waals surface area contributed by atoms with Crippen LogP contribution in [0.2, 0.25) is 19.6 Å². The van der Waals surface area contributed by atoms with Gasteiger partial charge in [-0.1, -0.05) is 45.0 Å². The van der Waals surface area contributed by atoms with Gasteiger partial charge in [0.2, 0.25) is 0 Å². The Morgan fingerprint density at radius 2 is 2.05 bits per heavy atom. The van der Waals surface area contributed by atoms with Crippen molar-refractivity contribution in [2.45, 2.75) is 39.4 Å². The molecule has 0 heterocycles. The van der Waals surface area contributed by atoms with Gasteiger partial charge in [0.15, 0.2) is 6.29 Å². The highest BCUT2D eigenvalue weighted by Crippen LogP contribution is 2.22. The molecule has 1 rings (SSSR count). The van der Waals surface area contributed by atoms with E-state index < -0.39 is 8.07 Å². The zero-order valence-corrected chi connectivity index (χ0v) is 13.2. The standard InChI is InChI=1S/C16H22O2Si/c1-5-6-11-18-16-14(10-12-19(2,3)4)8-7-9-15(16)13-17/h7-9,13H,5-6,11H2,1-4H3. The van der Waals surface area contributed by atoms with Crippen molar-refractivity contribution in [3.05, 3.63) is 29.3 Å². The predicted octanol–water partition coefficient (Wildman–Crippen LogP) is 3.91. The number of benzene rings is 1. The molecule has 0 saturated heterocycles. The van der Waals surface area contributed by atoms with Gasteiger partial charge in [0.05, 0.1) is 17.7 Å². The van der Waals surface area contributed by atoms with Crippen molar-refractivity contribution in [3.8, 4) is 17.2 Å². The van der Waals surface area contributed by atoms with Crippen LogP contribution in [0.4, 0.5) is 0 Å². The summed E-state index contributed by atoms with van der Waals surface area (Å²) in [7, 11) is -1.43. The molecule has 0 bridgehead atoms. The van der Waals surface area contributed by atoms with E-state index in [1.165, 1.54) is 0 Å². The topological polar surface area (TPSA) is 26.3 Å². The molecule has 3 heteroatoms. The third-order valence-electron chi connectivity index (χ3n) is 2.49. The summed E-state index contributed by atoms with van der Waals surface area (Å²) in [5.41, 5.74) is 4.72. The highest BCUT2D eigenvalue weighted by atomic mass is 28.3. The Morgan fingerprint density at radius 3 is 2.63 bits per heavy atom. The molecule has 1 aromatic carbocycles. The van der Waals surface area contributed by atoms with Crippen LogP contribution in [-0.2, 0) is 0 Å². The largest absolute Gasteiger partial charge is 0.492 e. The summed E-state index contributed by atoms with van der Waals surface area (Å²) in [5, 5.41) is 0. The van der Waals surface area contributed by atoms with E-state index in [1.807, 2.05) is 12.1 Å². The van der Waals surface area contributed by atoms with Crippen LogP contribution in [0.1, 0.15) is 35.7 Å². The number of para-hydroxylation sites is 1. The van der Waals surface area contributed by atoms with Crippen LogP contribution in [0.3, 0.4) is 0 Å². The van der Waals surface area contributed by atoms with Crippen molar-refractivity contribution in [3.63, 3.8) is 0 Å². The van der Waals surface area contributed by atoms with Crippen LogP contribution in [0.5, 0.6) is 5.75 Å². The minimum Gasteiger partial charge on any atom is -0.492 e. The zero-order chi connectivity index (χ0) is 14.3. The number of carbonyl (C=O) groups is 1. The lowest BCUT2D eigenvalue weighted by atomic mass is 10.1. The summed E-state index contributed by atoms with van der Waals surface area (Å²) >= 11 is 0. The summed E-state index contributed by atoms with van der Waals surface area (Å²) in [5.74, 6) is 3.82. The van der Waals surface area contributed by atoms with Crippen LogP contribution in [0.15, 0.2) is 18.2 Å². The number of ether oxygens (including phenoxy) is 1. The minimum atomic E-state index is -1.43. The Morgan fingerprint density at radius 1 is 1.32 bits per heavy atom. The van der Waals surface area contributed by atoms with Gasteiger partial charge in [0.1, 0.15) is 13.8 Å². The molecule has 0 atom stereocenters. The van der Waals surface area contributed by atoms with Crippen molar-refractivity contribution in [1.82, 2.24) is 0 Å². The predicted molar refractivity (Wildman–Crippen MR) is 82.5 cm³/mol. The van der Waals surface area contributed by atoms with Gasteiger partial charge in [0.25, 0.3) is 0 Å². The molecule has 0 aliphatic heterocycles. The molecule has 1 aromatic rings. The van der Waals surface area contributed by atoms with Gasteiger partial charge in [-0.05, 0) is 18.6 Å². The summed E-state index contributed by atoms with van der Waals surface area (Å²) in [6.45, 7) is 9.33. The average molecular weight is 274 g/mol. The lowest BCUT2D eigenvalue weighted by Gasteiger charge is -2.10. The highest BCUT2D eigenvalue weighted by Gasteiger charge is 2.10. The third kappa shape index (κ3) is 5.31. The highest BCUT2D eigenvalue weighted by molar-refractivity contribution is 6.83. The van der Waals surface area contributed by atoms with Crippen molar-refractivity contribution >= 4 is 14.4 Å². The second-order valence-corrected chi connectivity index (χ2v) is 10.3. The number of carbonyl (C=O) groups excluding carboxylic acids is 1. The molecular weight excluding hydrogens is 252 g/mol. The lowest BCUT2D eigenvalue weighted by Crippen LogP contribution is -2.16. The second-order valence-electron chi connectivity index (χ2n) is 5.54. The molecule has 0 saturated carbocycles. The molecule has 102 valence electrons. The fourth-order valence-electron chi connectivity index (χ4n) is 1.48. The van der Waals surface area contributed by atoms with E-state index in [4.69, 9.17) is 4.74 Å². The maximum atomic E-state index is 11.1. The summed E-state index contributed by atoms with van der Waals surface area (Å²) in [6.07, 6.45) is 2.88. The third-order valence-corrected chi connectivity index (χ3v) is 3.36. The van der Waals surface area contributed by atoms with E-state index in [0.29, 0.717) is 17.9 Å². The van der Waals surface area contributed by atoms with Crippen LogP contribution in [0, 0.1) is 11.5 Å². The van der Waals surface area contributed by atoms with Crippen molar-refractivity contribution in [2.24, 2.45) is 0 Å². The van der Waals surface area contributed by atoms with E-state index >= 15 is 0 Å². The maximum absolute atomic E-state index is 11.1. The average Bonchev–Trinajstić information content (AvgIpc) is 2.36. The Labute approximate surface area is 117 Å². The lowest BCUT2D eigenvalue weighted by molar-refractivity contribution is 0.111. The molecule has 0 fully saturated rings. The Kier molecular flexibility index (Phi) is 5.84. The molecule has 2 nitrogen and oxygen atoms in total. The molecule has 0 N–H and O–H groups in total. The number of hydrogen-bond donors (Lipinski definition) is 0. The van der Waals surface area contributed by atoms with Crippen LogP contribution >= 0.6 is 0 Å². The van der Waals surface area contributed by atoms with Crippen LogP contribution in [0.25, 0.3) is 0 Å². The molecule has 0 amide bonds. The number of aldehydes is 1. The molecule has 0 aromatic heterocycles. The van der Waals surface area contributed by atoms with E-state index in [0.717, 1.165) is 24.7 Å². The molecule has 0 unspecified atom stereocenters. The molecular formula is C16H22O2Si. The first-order valence-electron chi connectivity index (χ1n) is 6.72. The van der Waals surface area contributed by atoms with E-state index in [-0.39, 0.29) is 0 Å². The van der Waals surface area contributed by atoms with Gasteiger partial charge in [-0.3, -0.25) is 4.79 Å². The molecule has 19 heavy (non-hydrogen) atoms. The van der Waals surface area contributed by atoms with Crippen molar-refractivity contribution in [1.29, 1.82) is 0 Å². The van der Waals surface area contributed by atoms with E-state index in [9.17, 15) is 4.79 Å². The SMILES string of the molecule is CCCCOc1c(C#C[Si](C)(C)C)cccc1C=O. The zero-order valence-electron chi connectivity index (χ0n) is 12.2. The maximum Gasteiger partial charge on any atom is 0.153 e. The van der Waals surface area contributed by atoms with Crippen LogP contribution < -0.4 is 4.74 Å². The quantitative estimate of drug-likeness (QED) is 0.352. The molecule has 0 aliphatic rings. The van der Waals surface area contributed by atoms with Gasteiger partial charge < -0.3 is 4.74 Å². The first-order chi connectivity index (χ1) is 8.98. The number of unbranched alkanes of at least 4 members (excludes halogenated alkanes) is 1. The second kappa shape index (κ2) is 7.15. The summed E-state index contributed by atoms with van der Waals surface area (Å²) in [4.78, 5) is 11.1. The first kappa shape index (κ1) is 15.5. The van der Waals surface area contributed by atoms with Gasteiger partial charge >= 0.3 is 0 Å². The molecule has 0 spiro atoms. The molecule has 0 radical (unpaired) electrons. The molecule has 0 aliphatic carbocycles. The normalized spacial score (nSPS) is 10.5. The number of hydrogen-bond acceptors (Lipinski definition) is 2. The Bertz CT molecular complexity index is 490. The Hall–Kier alpha value is -1.53. The van der Waals surface area contributed by atoms with Crippen molar-refractivity contribution < 1.29 is 9.53 Å². The van der Waals surface area contributed by atoms with Gasteiger partial charge in [-0.15, -0.1) is 5.54 Å². The van der Waals surface area contributed by atoms with Crippen molar-refractivity contribution in [2.75, 3.05) is 6.61 Å². The Balaban J connectivity index is 3.07. The van der Waals surface area contributed by atoms with Crippen LogP contribution in [-0.4, -0.2) is 21.0 Å². The fourth-order valence-corrected chi connectivity index (χ4v) is 1.99. The monoisotopic (exact) mass is 274 g/mol. The summed E-state index contributed by atoms with van der Waals surface area (Å²) < 4.78 is 5.75. The minimum absolute atomic E-state index is 0.582. The smallest absolute Gasteiger partial charge is 0.153 e. The van der Waals surface area contributed by atoms with E-state index in [2.05, 4.69) is 38.0 Å². The number of rotatable bonds is 5. The van der Waals surface area contributed by atoms with Gasteiger partial charge in [-0.25, -0.2) is 0 Å².